The highest BCUT2D eigenvalue weighted by molar-refractivity contribution is 9.09. The fraction of sp³-hybridized carbons (Fsp3) is 0.200. The van der Waals surface area contributed by atoms with Crippen LogP contribution in [-0.4, -0.2) is 5.33 Å². The van der Waals surface area contributed by atoms with Gasteiger partial charge in [-0.3, -0.25) is 0 Å². The Balaban J connectivity index is 3.33. The van der Waals surface area contributed by atoms with E-state index in [-0.39, 0.29) is 16.5 Å². The Hall–Kier alpha value is -0.840. The molecule has 1 rings (SSSR count). The van der Waals surface area contributed by atoms with E-state index < -0.39 is 17.6 Å². The van der Waals surface area contributed by atoms with Crippen molar-refractivity contribution >= 4 is 21.5 Å². The number of halogens is 5. The van der Waals surface area contributed by atoms with Gasteiger partial charge >= 0.3 is 6.18 Å². The predicted octanol–water partition coefficient (Wildman–Crippen LogP) is 4.25. The summed E-state index contributed by atoms with van der Waals surface area (Å²) in [5.41, 5.74) is -0.880. The molecule has 15 heavy (non-hydrogen) atoms. The molecule has 0 aliphatic rings. The van der Waals surface area contributed by atoms with E-state index in [9.17, 15) is 17.6 Å². The molecule has 0 amide bonds. The van der Waals surface area contributed by atoms with Crippen molar-refractivity contribution < 1.29 is 17.6 Å². The van der Waals surface area contributed by atoms with E-state index in [4.69, 9.17) is 0 Å². The Morgan fingerprint density at radius 2 is 1.93 bits per heavy atom. The molecule has 0 heterocycles. The van der Waals surface area contributed by atoms with Crippen LogP contribution < -0.4 is 0 Å². The first-order valence-electron chi connectivity index (χ1n) is 3.97. The van der Waals surface area contributed by atoms with Crippen LogP contribution >= 0.6 is 15.9 Å². The maximum absolute atomic E-state index is 12.8. The van der Waals surface area contributed by atoms with Gasteiger partial charge in [-0.15, -0.1) is 0 Å². The van der Waals surface area contributed by atoms with E-state index >= 15 is 0 Å². The zero-order chi connectivity index (χ0) is 11.6. The number of alkyl halides is 4. The zero-order valence-corrected chi connectivity index (χ0v) is 9.12. The van der Waals surface area contributed by atoms with Gasteiger partial charge in [0.25, 0.3) is 0 Å². The molecule has 0 atom stereocenters. The van der Waals surface area contributed by atoms with E-state index in [0.29, 0.717) is 0 Å². The van der Waals surface area contributed by atoms with Crippen molar-refractivity contribution in [1.82, 2.24) is 0 Å². The summed E-state index contributed by atoms with van der Waals surface area (Å²) in [5.74, 6) is -0.708. The van der Waals surface area contributed by atoms with Gasteiger partial charge in [0.2, 0.25) is 0 Å². The van der Waals surface area contributed by atoms with Crippen molar-refractivity contribution in [2.24, 2.45) is 0 Å². The molecule has 0 aromatic heterocycles. The van der Waals surface area contributed by atoms with Gasteiger partial charge in [-0.05, 0) is 29.3 Å². The number of benzene rings is 1. The second-order valence-corrected chi connectivity index (χ2v) is 3.49. The Morgan fingerprint density at radius 3 is 2.40 bits per heavy atom. The molecule has 0 aliphatic carbocycles. The summed E-state index contributed by atoms with van der Waals surface area (Å²) in [6.45, 7) is 3.45. The predicted molar refractivity (Wildman–Crippen MR) is 54.2 cm³/mol. The first kappa shape index (κ1) is 12.2. The average molecular weight is 283 g/mol. The second-order valence-electron chi connectivity index (χ2n) is 2.92. The Morgan fingerprint density at radius 1 is 1.33 bits per heavy atom. The average Bonchev–Trinajstić information content (AvgIpc) is 2.14. The van der Waals surface area contributed by atoms with Crippen LogP contribution in [0.2, 0.25) is 0 Å². The summed E-state index contributed by atoms with van der Waals surface area (Å²) < 4.78 is 50.3. The summed E-state index contributed by atoms with van der Waals surface area (Å²) in [7, 11) is 0. The minimum absolute atomic E-state index is 0.166. The molecule has 0 radical (unpaired) electrons. The van der Waals surface area contributed by atoms with Gasteiger partial charge in [-0.1, -0.05) is 22.5 Å². The van der Waals surface area contributed by atoms with E-state index in [0.717, 1.165) is 18.2 Å². The monoisotopic (exact) mass is 282 g/mol. The lowest BCUT2D eigenvalue weighted by molar-refractivity contribution is -0.137. The van der Waals surface area contributed by atoms with Crippen molar-refractivity contribution in [3.05, 3.63) is 41.7 Å². The van der Waals surface area contributed by atoms with Gasteiger partial charge in [-0.25, -0.2) is 4.39 Å². The lowest BCUT2D eigenvalue weighted by Crippen LogP contribution is -2.09. The minimum Gasteiger partial charge on any atom is -0.207 e. The highest BCUT2D eigenvalue weighted by atomic mass is 79.9. The lowest BCUT2D eigenvalue weighted by Gasteiger charge is -2.13. The molecule has 0 saturated heterocycles. The smallest absolute Gasteiger partial charge is 0.207 e. The summed E-state index contributed by atoms with van der Waals surface area (Å²) in [6.07, 6.45) is -4.49. The normalized spacial score (nSPS) is 11.5. The van der Waals surface area contributed by atoms with Gasteiger partial charge in [0, 0.05) is 5.33 Å². The highest BCUT2D eigenvalue weighted by Crippen LogP contribution is 2.35. The molecule has 82 valence electrons. The third-order valence-electron chi connectivity index (χ3n) is 1.83. The van der Waals surface area contributed by atoms with Gasteiger partial charge in [0.1, 0.15) is 5.82 Å². The Bertz CT molecular complexity index is 381. The van der Waals surface area contributed by atoms with E-state index in [1.807, 2.05) is 0 Å². The topological polar surface area (TPSA) is 0 Å². The molecule has 1 aromatic carbocycles. The maximum Gasteiger partial charge on any atom is 0.416 e. The summed E-state index contributed by atoms with van der Waals surface area (Å²) >= 11 is 2.99. The lowest BCUT2D eigenvalue weighted by atomic mass is 10.0. The molecule has 0 spiro atoms. The van der Waals surface area contributed by atoms with E-state index in [1.165, 1.54) is 0 Å². The summed E-state index contributed by atoms with van der Waals surface area (Å²) in [4.78, 5) is 0. The molecular weight excluding hydrogens is 276 g/mol. The van der Waals surface area contributed by atoms with Crippen LogP contribution in [0, 0.1) is 5.82 Å². The van der Waals surface area contributed by atoms with Gasteiger partial charge in [0.15, 0.2) is 0 Å². The first-order valence-corrected chi connectivity index (χ1v) is 5.09. The first-order chi connectivity index (χ1) is 6.86. The van der Waals surface area contributed by atoms with E-state index in [2.05, 4.69) is 22.5 Å². The van der Waals surface area contributed by atoms with Crippen LogP contribution in [0.4, 0.5) is 17.6 Å². The number of hydrogen-bond acceptors (Lipinski definition) is 0. The second kappa shape index (κ2) is 4.35. The van der Waals surface area contributed by atoms with Crippen LogP contribution in [0.1, 0.15) is 11.1 Å². The zero-order valence-electron chi connectivity index (χ0n) is 7.54. The van der Waals surface area contributed by atoms with Gasteiger partial charge in [-0.2, -0.15) is 13.2 Å². The molecule has 0 saturated carbocycles. The van der Waals surface area contributed by atoms with Crippen molar-refractivity contribution in [3.63, 3.8) is 0 Å². The van der Waals surface area contributed by atoms with Crippen molar-refractivity contribution in [3.8, 4) is 0 Å². The molecule has 0 aliphatic heterocycles. The molecule has 0 unspecified atom stereocenters. The molecular formula is C10H7BrF4. The molecule has 0 bridgehead atoms. The van der Waals surface area contributed by atoms with Crippen LogP contribution in [0.3, 0.4) is 0 Å². The molecule has 0 N–H and O–H groups in total. The number of allylic oxidation sites excluding steroid dienone is 1. The van der Waals surface area contributed by atoms with E-state index in [1.54, 1.807) is 0 Å². The largest absolute Gasteiger partial charge is 0.416 e. The van der Waals surface area contributed by atoms with Crippen LogP contribution in [0.5, 0.6) is 0 Å². The summed E-state index contributed by atoms with van der Waals surface area (Å²) in [6, 6.07) is 2.35. The highest BCUT2D eigenvalue weighted by Gasteiger charge is 2.33. The van der Waals surface area contributed by atoms with Crippen LogP contribution in [0.15, 0.2) is 24.8 Å². The Kier molecular flexibility index (Phi) is 3.54. The maximum atomic E-state index is 12.8. The minimum atomic E-state index is -4.49. The molecule has 1 aromatic rings. The Labute approximate surface area is 92.7 Å². The van der Waals surface area contributed by atoms with Crippen molar-refractivity contribution in [2.75, 3.05) is 5.33 Å². The van der Waals surface area contributed by atoms with Gasteiger partial charge < -0.3 is 0 Å². The third-order valence-corrected chi connectivity index (χ3v) is 2.51. The SMILES string of the molecule is C=C(CBr)c1cc(F)ccc1C(F)(F)F. The molecule has 5 heteroatoms. The number of rotatable bonds is 2. The fourth-order valence-electron chi connectivity index (χ4n) is 1.13. The van der Waals surface area contributed by atoms with Crippen molar-refractivity contribution in [1.29, 1.82) is 0 Å². The van der Waals surface area contributed by atoms with Gasteiger partial charge in [0.05, 0.1) is 5.56 Å². The third kappa shape index (κ3) is 2.81. The molecule has 0 fully saturated rings. The van der Waals surface area contributed by atoms with Crippen LogP contribution in [0.25, 0.3) is 5.57 Å². The molecule has 0 nitrogen and oxygen atoms in total. The van der Waals surface area contributed by atoms with Crippen LogP contribution in [-0.2, 0) is 6.18 Å². The standard InChI is InChI=1S/C10H7BrF4/c1-6(5-11)8-4-7(12)2-3-9(8)10(13,14)15/h2-4H,1,5H2. The summed E-state index contributed by atoms with van der Waals surface area (Å²) in [5, 5.41) is 0.166. The number of hydrogen-bond donors (Lipinski definition) is 0. The fourth-order valence-corrected chi connectivity index (χ4v) is 1.43. The quantitative estimate of drug-likeness (QED) is 0.562. The van der Waals surface area contributed by atoms with Crippen molar-refractivity contribution in [2.45, 2.75) is 6.18 Å².